The van der Waals surface area contributed by atoms with E-state index >= 15 is 0 Å². The first-order chi connectivity index (χ1) is 18.3. The van der Waals surface area contributed by atoms with E-state index in [0.717, 1.165) is 17.1 Å². The fourth-order valence-corrected chi connectivity index (χ4v) is 5.66. The van der Waals surface area contributed by atoms with E-state index in [2.05, 4.69) is 5.32 Å². The monoisotopic (exact) mass is 535 g/mol. The summed E-state index contributed by atoms with van der Waals surface area (Å²) in [5, 5.41) is 11.8. The Bertz CT molecular complexity index is 1370. The Hall–Kier alpha value is -4.02. The van der Waals surface area contributed by atoms with Gasteiger partial charge in [0, 0.05) is 30.8 Å². The minimum absolute atomic E-state index is 0.105. The highest BCUT2D eigenvalue weighted by Gasteiger charge is 2.32. The third kappa shape index (κ3) is 6.09. The topological polar surface area (TPSA) is 124 Å². The van der Waals surface area contributed by atoms with Crippen molar-refractivity contribution in [1.29, 1.82) is 0 Å². The zero-order valence-electron chi connectivity index (χ0n) is 20.7. The number of anilines is 1. The van der Waals surface area contributed by atoms with Crippen LogP contribution in [-0.2, 0) is 14.8 Å². The first-order valence-corrected chi connectivity index (χ1v) is 13.7. The van der Waals surface area contributed by atoms with Crippen molar-refractivity contribution < 1.29 is 27.9 Å². The minimum Gasteiger partial charge on any atom is -0.396 e. The molecule has 10 heteroatoms. The maximum atomic E-state index is 13.6. The van der Waals surface area contributed by atoms with Crippen LogP contribution in [0.5, 0.6) is 0 Å². The molecule has 198 valence electrons. The number of carbonyl (C=O) groups is 3. The van der Waals surface area contributed by atoms with Crippen LogP contribution in [0.25, 0.3) is 0 Å². The normalized spacial score (nSPS) is 14.1. The molecule has 9 nitrogen and oxygen atoms in total. The van der Waals surface area contributed by atoms with E-state index in [0.29, 0.717) is 13.1 Å². The molecule has 3 amide bonds. The Morgan fingerprint density at radius 3 is 2.00 bits per heavy atom. The number of likely N-dealkylation sites (tertiary alicyclic amines) is 1. The second-order valence-electron chi connectivity index (χ2n) is 8.99. The molecule has 3 aromatic carbocycles. The number of carbonyl (C=O) groups excluding carboxylic acids is 3. The van der Waals surface area contributed by atoms with Crippen LogP contribution in [0.4, 0.5) is 5.69 Å². The summed E-state index contributed by atoms with van der Waals surface area (Å²) in [6.45, 7) is 0.988. The highest BCUT2D eigenvalue weighted by molar-refractivity contribution is 7.93. The van der Waals surface area contributed by atoms with E-state index in [4.69, 9.17) is 0 Å². The summed E-state index contributed by atoms with van der Waals surface area (Å²) in [5.74, 6) is -1.25. The SMILES string of the molecule is O=C(NCC(=O)N1CCC(CO)CC1)c1ccc(S(=O)(=O)N(C(=O)c2ccccc2)c2ccccc2)cc1. The molecule has 38 heavy (non-hydrogen) atoms. The molecular weight excluding hydrogens is 506 g/mol. The van der Waals surface area contributed by atoms with Gasteiger partial charge in [-0.1, -0.05) is 36.4 Å². The Balaban J connectivity index is 1.48. The number of aliphatic hydroxyl groups is 1. The van der Waals surface area contributed by atoms with Gasteiger partial charge in [-0.2, -0.15) is 4.31 Å². The largest absolute Gasteiger partial charge is 0.396 e. The quantitative estimate of drug-likeness (QED) is 0.457. The highest BCUT2D eigenvalue weighted by atomic mass is 32.2. The number of aliphatic hydroxyl groups excluding tert-OH is 1. The van der Waals surface area contributed by atoms with Crippen LogP contribution in [-0.4, -0.2) is 62.4 Å². The molecule has 4 rings (SSSR count). The second kappa shape index (κ2) is 12.0. The Morgan fingerprint density at radius 2 is 1.42 bits per heavy atom. The maximum absolute atomic E-state index is 13.6. The molecule has 1 saturated heterocycles. The summed E-state index contributed by atoms with van der Waals surface area (Å²) in [6, 6.07) is 21.4. The minimum atomic E-state index is -4.32. The Kier molecular flexibility index (Phi) is 8.55. The Labute approximate surface area is 221 Å². The number of sulfonamides is 1. The van der Waals surface area contributed by atoms with Crippen molar-refractivity contribution in [2.45, 2.75) is 17.7 Å². The van der Waals surface area contributed by atoms with Gasteiger partial charge in [-0.3, -0.25) is 14.4 Å². The lowest BCUT2D eigenvalue weighted by Crippen LogP contribution is -2.44. The first kappa shape index (κ1) is 27.0. The van der Waals surface area contributed by atoms with E-state index in [1.165, 1.54) is 48.5 Å². The number of amides is 3. The Morgan fingerprint density at radius 1 is 0.842 bits per heavy atom. The molecular formula is C28H29N3O6S. The molecule has 1 aliphatic heterocycles. The van der Waals surface area contributed by atoms with Crippen molar-refractivity contribution in [3.63, 3.8) is 0 Å². The second-order valence-corrected chi connectivity index (χ2v) is 10.8. The zero-order chi connectivity index (χ0) is 27.1. The van der Waals surface area contributed by atoms with Gasteiger partial charge < -0.3 is 15.3 Å². The molecule has 0 spiro atoms. The van der Waals surface area contributed by atoms with Gasteiger partial charge in [0.2, 0.25) is 5.91 Å². The summed E-state index contributed by atoms with van der Waals surface area (Å²) in [5.41, 5.74) is 0.572. The van der Waals surface area contributed by atoms with Crippen LogP contribution in [0.15, 0.2) is 89.8 Å². The van der Waals surface area contributed by atoms with Crippen molar-refractivity contribution >= 4 is 33.4 Å². The van der Waals surface area contributed by atoms with Gasteiger partial charge in [-0.05, 0) is 67.3 Å². The predicted octanol–water partition coefficient (Wildman–Crippen LogP) is 2.68. The van der Waals surface area contributed by atoms with Crippen molar-refractivity contribution in [2.75, 3.05) is 30.5 Å². The smallest absolute Gasteiger partial charge is 0.272 e. The lowest BCUT2D eigenvalue weighted by molar-refractivity contribution is -0.131. The molecule has 0 aromatic heterocycles. The van der Waals surface area contributed by atoms with Crippen LogP contribution in [0.2, 0.25) is 0 Å². The van der Waals surface area contributed by atoms with Gasteiger partial charge in [0.15, 0.2) is 0 Å². The summed E-state index contributed by atoms with van der Waals surface area (Å²) >= 11 is 0. The predicted molar refractivity (Wildman–Crippen MR) is 142 cm³/mol. The van der Waals surface area contributed by atoms with Gasteiger partial charge in [-0.25, -0.2) is 8.42 Å². The lowest BCUT2D eigenvalue weighted by atomic mass is 9.98. The number of benzene rings is 3. The summed E-state index contributed by atoms with van der Waals surface area (Å²) < 4.78 is 28.0. The van der Waals surface area contributed by atoms with Gasteiger partial charge in [0.25, 0.3) is 21.8 Å². The van der Waals surface area contributed by atoms with E-state index in [-0.39, 0.29) is 46.7 Å². The van der Waals surface area contributed by atoms with Crippen molar-refractivity contribution in [2.24, 2.45) is 5.92 Å². The molecule has 2 N–H and O–H groups in total. The molecule has 1 heterocycles. The molecule has 1 fully saturated rings. The molecule has 0 saturated carbocycles. The van der Waals surface area contributed by atoms with Crippen LogP contribution < -0.4 is 9.62 Å². The lowest BCUT2D eigenvalue weighted by Gasteiger charge is -2.31. The van der Waals surface area contributed by atoms with Crippen LogP contribution in [0.3, 0.4) is 0 Å². The molecule has 0 aliphatic carbocycles. The molecule has 1 aliphatic rings. The van der Waals surface area contributed by atoms with Crippen molar-refractivity contribution in [1.82, 2.24) is 10.2 Å². The third-order valence-corrected chi connectivity index (χ3v) is 8.20. The van der Waals surface area contributed by atoms with Crippen molar-refractivity contribution in [3.8, 4) is 0 Å². The number of hydrogen-bond donors (Lipinski definition) is 2. The maximum Gasteiger partial charge on any atom is 0.272 e. The fourth-order valence-electron chi connectivity index (χ4n) is 4.24. The van der Waals surface area contributed by atoms with E-state index in [9.17, 15) is 27.9 Å². The average molecular weight is 536 g/mol. The molecule has 0 unspecified atom stereocenters. The highest BCUT2D eigenvalue weighted by Crippen LogP contribution is 2.26. The first-order valence-electron chi connectivity index (χ1n) is 12.3. The number of nitrogens with zero attached hydrogens (tertiary/aromatic N) is 2. The van der Waals surface area contributed by atoms with Crippen LogP contribution in [0, 0.1) is 5.92 Å². The fraction of sp³-hybridized carbons (Fsp3) is 0.250. The summed E-state index contributed by atoms with van der Waals surface area (Å²) in [6.07, 6.45) is 1.44. The average Bonchev–Trinajstić information content (AvgIpc) is 2.96. The van der Waals surface area contributed by atoms with Gasteiger partial charge in [-0.15, -0.1) is 0 Å². The molecule has 3 aromatic rings. The number of piperidine rings is 1. The standard InChI is InChI=1S/C28H29N3O6S/c32-20-21-15-17-30(18-16-21)26(33)19-29-27(34)22-11-13-25(14-12-22)38(36,37)31(24-9-5-2-6-10-24)28(35)23-7-3-1-4-8-23/h1-14,21,32H,15-20H2,(H,29,34). The van der Waals surface area contributed by atoms with Crippen molar-refractivity contribution in [3.05, 3.63) is 96.1 Å². The number of rotatable bonds is 8. The van der Waals surface area contributed by atoms with E-state index in [1.54, 1.807) is 41.3 Å². The molecule has 0 atom stereocenters. The zero-order valence-corrected chi connectivity index (χ0v) is 21.5. The number of nitrogens with one attached hydrogen (secondary N) is 1. The molecule has 0 radical (unpaired) electrons. The van der Waals surface area contributed by atoms with Gasteiger partial charge >= 0.3 is 0 Å². The number of hydrogen-bond acceptors (Lipinski definition) is 6. The number of para-hydroxylation sites is 1. The summed E-state index contributed by atoms with van der Waals surface area (Å²) in [4.78, 5) is 39.8. The molecule has 0 bridgehead atoms. The van der Waals surface area contributed by atoms with Crippen LogP contribution >= 0.6 is 0 Å². The van der Waals surface area contributed by atoms with E-state index < -0.39 is 21.8 Å². The van der Waals surface area contributed by atoms with Gasteiger partial charge in [0.05, 0.1) is 17.1 Å². The van der Waals surface area contributed by atoms with Gasteiger partial charge in [0.1, 0.15) is 0 Å². The third-order valence-electron chi connectivity index (χ3n) is 6.48. The van der Waals surface area contributed by atoms with E-state index in [1.807, 2.05) is 0 Å². The van der Waals surface area contributed by atoms with Crippen LogP contribution in [0.1, 0.15) is 33.6 Å². The summed E-state index contributed by atoms with van der Waals surface area (Å²) in [7, 11) is -4.32.